The number of hydrogen-bond donors (Lipinski definition) is 0. The number of para-hydroxylation sites is 1. The molecule has 0 aliphatic carbocycles. The van der Waals surface area contributed by atoms with Crippen molar-refractivity contribution in [1.82, 2.24) is 4.90 Å². The number of carbonyl (C=O) groups excluding carboxylic acids is 3. The quantitative estimate of drug-likeness (QED) is 0.516. The Kier molecular flexibility index (Phi) is 5.99. The second kappa shape index (κ2) is 9.04. The first-order chi connectivity index (χ1) is 16.0. The number of methoxy groups -OCH3 is 3. The van der Waals surface area contributed by atoms with Crippen molar-refractivity contribution in [2.75, 3.05) is 32.9 Å². The van der Waals surface area contributed by atoms with Gasteiger partial charge in [0, 0.05) is 11.3 Å². The Morgan fingerprint density at radius 1 is 0.788 bits per heavy atom. The molecule has 0 N–H and O–H groups in total. The molecule has 1 aliphatic heterocycles. The zero-order chi connectivity index (χ0) is 23.5. The highest BCUT2D eigenvalue weighted by Crippen LogP contribution is 2.39. The predicted molar refractivity (Wildman–Crippen MR) is 121 cm³/mol. The van der Waals surface area contributed by atoms with Crippen LogP contribution in [-0.2, 0) is 0 Å². The molecule has 0 fully saturated rings. The van der Waals surface area contributed by atoms with Crippen LogP contribution < -0.4 is 19.1 Å². The number of hydrogen-bond acceptors (Lipinski definition) is 6. The van der Waals surface area contributed by atoms with Crippen LogP contribution in [0, 0.1) is 0 Å². The van der Waals surface area contributed by atoms with E-state index in [1.54, 1.807) is 48.5 Å². The number of rotatable bonds is 7. The van der Waals surface area contributed by atoms with Crippen molar-refractivity contribution < 1.29 is 28.6 Å². The number of ether oxygens (including phenoxy) is 3. The summed E-state index contributed by atoms with van der Waals surface area (Å²) in [5, 5.41) is 0. The number of anilines is 1. The second-order valence-corrected chi connectivity index (χ2v) is 7.21. The molecule has 0 atom stereocenters. The van der Waals surface area contributed by atoms with E-state index >= 15 is 0 Å². The standard InChI is InChI=1S/C25H22N2O6/c1-31-20-13-16(14-21(32-2)22(20)33-3)23(28)26(17-9-5-4-6-10-17)15-27-24(29)18-11-7-8-12-19(18)25(27)30/h4-14H,15H2,1-3H3. The van der Waals surface area contributed by atoms with Crippen LogP contribution in [0.15, 0.2) is 66.7 Å². The molecule has 168 valence electrons. The van der Waals surface area contributed by atoms with E-state index in [1.807, 2.05) is 6.07 Å². The average molecular weight is 446 g/mol. The Bertz CT molecular complexity index is 1160. The molecule has 3 aromatic carbocycles. The molecule has 4 rings (SSSR count). The summed E-state index contributed by atoms with van der Waals surface area (Å²) < 4.78 is 16.1. The fraction of sp³-hybridized carbons (Fsp3) is 0.160. The molecule has 0 spiro atoms. The molecule has 0 saturated heterocycles. The van der Waals surface area contributed by atoms with Crippen molar-refractivity contribution in [2.24, 2.45) is 0 Å². The van der Waals surface area contributed by atoms with E-state index in [0.29, 0.717) is 34.1 Å². The highest BCUT2D eigenvalue weighted by atomic mass is 16.5. The van der Waals surface area contributed by atoms with Gasteiger partial charge in [-0.25, -0.2) is 0 Å². The lowest BCUT2D eigenvalue weighted by Gasteiger charge is -2.27. The molecule has 3 aromatic rings. The largest absolute Gasteiger partial charge is 0.493 e. The lowest BCUT2D eigenvalue weighted by molar-refractivity contribution is 0.0650. The van der Waals surface area contributed by atoms with E-state index in [9.17, 15) is 14.4 Å². The van der Waals surface area contributed by atoms with E-state index in [1.165, 1.54) is 38.4 Å². The van der Waals surface area contributed by atoms with Gasteiger partial charge in [0.15, 0.2) is 11.5 Å². The highest BCUT2D eigenvalue weighted by molar-refractivity contribution is 6.22. The molecule has 1 aliphatic rings. The number of amides is 3. The third kappa shape index (κ3) is 3.87. The molecule has 0 aromatic heterocycles. The Morgan fingerprint density at radius 3 is 1.79 bits per heavy atom. The molecule has 0 radical (unpaired) electrons. The fourth-order valence-corrected chi connectivity index (χ4v) is 3.74. The van der Waals surface area contributed by atoms with Crippen LogP contribution in [0.4, 0.5) is 5.69 Å². The van der Waals surface area contributed by atoms with Crippen molar-refractivity contribution >= 4 is 23.4 Å². The first-order valence-corrected chi connectivity index (χ1v) is 10.1. The summed E-state index contributed by atoms with van der Waals surface area (Å²) in [6.45, 7) is -0.258. The maximum Gasteiger partial charge on any atom is 0.263 e. The Morgan fingerprint density at radius 2 is 1.30 bits per heavy atom. The zero-order valence-corrected chi connectivity index (χ0v) is 18.4. The molecule has 1 heterocycles. The van der Waals surface area contributed by atoms with Gasteiger partial charge in [0.05, 0.1) is 32.5 Å². The lowest BCUT2D eigenvalue weighted by atomic mass is 10.1. The number of fused-ring (bicyclic) bond motifs is 1. The number of imide groups is 1. The first kappa shape index (κ1) is 21.9. The van der Waals surface area contributed by atoms with Gasteiger partial charge < -0.3 is 14.2 Å². The summed E-state index contributed by atoms with van der Waals surface area (Å²) in [5.41, 5.74) is 1.39. The van der Waals surface area contributed by atoms with Crippen LogP contribution in [-0.4, -0.2) is 50.6 Å². The molecule has 8 nitrogen and oxygen atoms in total. The van der Waals surface area contributed by atoms with Crippen molar-refractivity contribution in [1.29, 1.82) is 0 Å². The molecular formula is C25H22N2O6. The van der Waals surface area contributed by atoms with Crippen LogP contribution in [0.2, 0.25) is 0 Å². The third-order valence-electron chi connectivity index (χ3n) is 5.39. The lowest BCUT2D eigenvalue weighted by Crippen LogP contribution is -2.44. The predicted octanol–water partition coefficient (Wildman–Crippen LogP) is 3.61. The van der Waals surface area contributed by atoms with Crippen LogP contribution in [0.1, 0.15) is 31.1 Å². The van der Waals surface area contributed by atoms with Gasteiger partial charge in [0.2, 0.25) is 5.75 Å². The van der Waals surface area contributed by atoms with E-state index < -0.39 is 17.7 Å². The maximum atomic E-state index is 13.7. The fourth-order valence-electron chi connectivity index (χ4n) is 3.74. The minimum absolute atomic E-state index is 0.241. The Labute approximate surface area is 190 Å². The van der Waals surface area contributed by atoms with E-state index in [4.69, 9.17) is 14.2 Å². The summed E-state index contributed by atoms with van der Waals surface area (Å²) in [5.74, 6) is -0.369. The van der Waals surface area contributed by atoms with Crippen molar-refractivity contribution in [2.45, 2.75) is 0 Å². The van der Waals surface area contributed by atoms with Gasteiger partial charge in [-0.1, -0.05) is 30.3 Å². The van der Waals surface area contributed by atoms with Crippen LogP contribution in [0.25, 0.3) is 0 Å². The molecule has 3 amide bonds. The first-order valence-electron chi connectivity index (χ1n) is 10.1. The number of nitrogens with zero attached hydrogens (tertiary/aromatic N) is 2. The van der Waals surface area contributed by atoms with Gasteiger partial charge in [0.25, 0.3) is 17.7 Å². The second-order valence-electron chi connectivity index (χ2n) is 7.21. The van der Waals surface area contributed by atoms with Gasteiger partial charge in [-0.3, -0.25) is 24.2 Å². The summed E-state index contributed by atoms with van der Waals surface area (Å²) in [4.78, 5) is 42.0. The van der Waals surface area contributed by atoms with E-state index in [-0.39, 0.29) is 12.2 Å². The Balaban J connectivity index is 1.75. The maximum absolute atomic E-state index is 13.7. The summed E-state index contributed by atoms with van der Waals surface area (Å²) >= 11 is 0. The summed E-state index contributed by atoms with van der Waals surface area (Å²) in [6.07, 6.45) is 0. The smallest absolute Gasteiger partial charge is 0.263 e. The Hall–Kier alpha value is -4.33. The third-order valence-corrected chi connectivity index (χ3v) is 5.39. The van der Waals surface area contributed by atoms with Gasteiger partial charge in [-0.2, -0.15) is 0 Å². The number of benzene rings is 3. The van der Waals surface area contributed by atoms with Crippen LogP contribution >= 0.6 is 0 Å². The van der Waals surface area contributed by atoms with Crippen molar-refractivity contribution in [3.63, 3.8) is 0 Å². The topological polar surface area (TPSA) is 85.4 Å². The minimum atomic E-state index is -0.450. The molecule has 8 heteroatoms. The SMILES string of the molecule is COc1cc(C(=O)N(CN2C(=O)c3ccccc3C2=O)c2ccccc2)cc(OC)c1OC. The molecule has 0 bridgehead atoms. The summed E-state index contributed by atoms with van der Waals surface area (Å²) in [7, 11) is 4.39. The zero-order valence-electron chi connectivity index (χ0n) is 18.4. The van der Waals surface area contributed by atoms with Gasteiger partial charge >= 0.3 is 0 Å². The van der Waals surface area contributed by atoms with E-state index in [2.05, 4.69) is 0 Å². The van der Waals surface area contributed by atoms with Gasteiger partial charge in [-0.15, -0.1) is 0 Å². The molecule has 33 heavy (non-hydrogen) atoms. The number of carbonyl (C=O) groups is 3. The van der Waals surface area contributed by atoms with Crippen LogP contribution in [0.3, 0.4) is 0 Å². The minimum Gasteiger partial charge on any atom is -0.493 e. The van der Waals surface area contributed by atoms with Crippen molar-refractivity contribution in [3.05, 3.63) is 83.4 Å². The molecular weight excluding hydrogens is 424 g/mol. The molecule has 0 saturated carbocycles. The average Bonchev–Trinajstić information content (AvgIpc) is 3.11. The molecule has 0 unspecified atom stereocenters. The van der Waals surface area contributed by atoms with Crippen LogP contribution in [0.5, 0.6) is 17.2 Å². The van der Waals surface area contributed by atoms with Gasteiger partial charge in [-0.05, 0) is 36.4 Å². The normalized spacial score (nSPS) is 12.4. The highest BCUT2D eigenvalue weighted by Gasteiger charge is 2.37. The monoisotopic (exact) mass is 446 g/mol. The summed E-state index contributed by atoms with van der Waals surface area (Å²) in [6, 6.07) is 18.5. The van der Waals surface area contributed by atoms with Gasteiger partial charge in [0.1, 0.15) is 6.67 Å². The van der Waals surface area contributed by atoms with E-state index in [0.717, 1.165) is 4.90 Å². The van der Waals surface area contributed by atoms with Crippen molar-refractivity contribution in [3.8, 4) is 17.2 Å².